The topological polar surface area (TPSA) is 78.3 Å². The highest BCUT2D eigenvalue weighted by molar-refractivity contribution is 6.32. The van der Waals surface area contributed by atoms with Crippen molar-refractivity contribution in [2.75, 3.05) is 19.0 Å². The number of benzene rings is 3. The summed E-state index contributed by atoms with van der Waals surface area (Å²) in [6.45, 7) is 1.91. The number of anilines is 1. The fraction of sp³-hybridized carbons (Fsp3) is 0.136. The molecule has 30 heavy (non-hydrogen) atoms. The normalized spacial score (nSPS) is 10.8. The number of fused-ring (bicyclic) bond motifs is 1. The molecule has 1 aromatic heterocycles. The van der Waals surface area contributed by atoms with Crippen molar-refractivity contribution in [2.24, 2.45) is 0 Å². The van der Waals surface area contributed by atoms with Gasteiger partial charge in [0.25, 0.3) is 5.91 Å². The SMILES string of the molecule is COc1ccc(-n2nc3ccc(NC(=O)COc4ccc(C)cc4)cc3n2)cc1Cl. The number of aromatic nitrogens is 3. The number of carbonyl (C=O) groups is 1. The molecule has 1 heterocycles. The molecule has 0 aliphatic rings. The lowest BCUT2D eigenvalue weighted by Crippen LogP contribution is -2.20. The molecule has 0 aliphatic heterocycles. The quantitative estimate of drug-likeness (QED) is 0.498. The number of hydrogen-bond donors (Lipinski definition) is 1. The molecule has 0 aliphatic carbocycles. The Bertz CT molecular complexity index is 1200. The molecule has 4 rings (SSSR count). The van der Waals surface area contributed by atoms with Crippen molar-refractivity contribution in [1.82, 2.24) is 15.0 Å². The van der Waals surface area contributed by atoms with Crippen LogP contribution in [0.1, 0.15) is 5.56 Å². The van der Waals surface area contributed by atoms with Gasteiger partial charge in [0.1, 0.15) is 22.5 Å². The van der Waals surface area contributed by atoms with Gasteiger partial charge in [-0.05, 0) is 55.5 Å². The highest BCUT2D eigenvalue weighted by atomic mass is 35.5. The van der Waals surface area contributed by atoms with E-state index in [1.54, 1.807) is 37.4 Å². The van der Waals surface area contributed by atoms with Crippen LogP contribution in [0.5, 0.6) is 11.5 Å². The number of aryl methyl sites for hydroxylation is 1. The molecule has 0 fully saturated rings. The van der Waals surface area contributed by atoms with Crippen molar-refractivity contribution >= 4 is 34.2 Å². The number of halogens is 1. The number of rotatable bonds is 6. The van der Waals surface area contributed by atoms with Crippen LogP contribution in [-0.4, -0.2) is 34.6 Å². The third kappa shape index (κ3) is 4.36. The van der Waals surface area contributed by atoms with Gasteiger partial charge >= 0.3 is 0 Å². The van der Waals surface area contributed by atoms with Crippen molar-refractivity contribution in [3.8, 4) is 17.2 Å². The second-order valence-electron chi connectivity index (χ2n) is 6.66. The van der Waals surface area contributed by atoms with Crippen LogP contribution in [0.2, 0.25) is 5.02 Å². The number of nitrogens with one attached hydrogen (secondary N) is 1. The molecule has 0 bridgehead atoms. The maximum Gasteiger partial charge on any atom is 0.262 e. The summed E-state index contributed by atoms with van der Waals surface area (Å²) in [4.78, 5) is 13.7. The molecule has 4 aromatic rings. The third-order valence-corrected chi connectivity index (χ3v) is 4.72. The van der Waals surface area contributed by atoms with Crippen LogP contribution in [0, 0.1) is 6.92 Å². The van der Waals surface area contributed by atoms with Gasteiger partial charge < -0.3 is 14.8 Å². The molecule has 0 saturated heterocycles. The predicted octanol–water partition coefficient (Wildman–Crippen LogP) is 4.41. The van der Waals surface area contributed by atoms with Crippen molar-refractivity contribution in [3.05, 3.63) is 71.2 Å². The first kappa shape index (κ1) is 19.7. The Labute approximate surface area is 178 Å². The average molecular weight is 423 g/mol. The Kier molecular flexibility index (Phi) is 5.54. The van der Waals surface area contributed by atoms with E-state index in [1.807, 2.05) is 37.3 Å². The number of hydrogen-bond acceptors (Lipinski definition) is 5. The van der Waals surface area contributed by atoms with Gasteiger partial charge in [-0.3, -0.25) is 4.79 Å². The Hall–Kier alpha value is -3.58. The van der Waals surface area contributed by atoms with Gasteiger partial charge in [-0.2, -0.15) is 4.80 Å². The van der Waals surface area contributed by atoms with Gasteiger partial charge in [-0.1, -0.05) is 29.3 Å². The van der Waals surface area contributed by atoms with Crippen LogP contribution in [0.15, 0.2) is 60.7 Å². The lowest BCUT2D eigenvalue weighted by atomic mass is 10.2. The molecule has 152 valence electrons. The summed E-state index contributed by atoms with van der Waals surface area (Å²) in [7, 11) is 1.56. The van der Waals surface area contributed by atoms with Crippen molar-refractivity contribution in [2.45, 2.75) is 6.92 Å². The zero-order valence-electron chi connectivity index (χ0n) is 16.4. The second-order valence-corrected chi connectivity index (χ2v) is 7.07. The third-order valence-electron chi connectivity index (χ3n) is 4.42. The highest BCUT2D eigenvalue weighted by Crippen LogP contribution is 2.26. The lowest BCUT2D eigenvalue weighted by Gasteiger charge is -2.07. The first-order chi connectivity index (χ1) is 14.5. The Balaban J connectivity index is 1.46. The van der Waals surface area contributed by atoms with Gasteiger partial charge in [-0.25, -0.2) is 0 Å². The standard InChI is InChI=1S/C22H19ClN4O3/c1-14-3-7-17(8-4-14)30-13-22(28)24-15-5-9-19-20(11-15)26-27(25-19)16-6-10-21(29-2)18(23)12-16/h3-12H,13H2,1-2H3,(H,24,28). The summed E-state index contributed by atoms with van der Waals surface area (Å²) >= 11 is 6.19. The smallest absolute Gasteiger partial charge is 0.262 e. The van der Waals surface area contributed by atoms with Crippen molar-refractivity contribution in [1.29, 1.82) is 0 Å². The maximum absolute atomic E-state index is 12.2. The summed E-state index contributed by atoms with van der Waals surface area (Å²) in [6, 6.07) is 18.1. The van der Waals surface area contributed by atoms with E-state index in [1.165, 1.54) is 4.80 Å². The van der Waals surface area contributed by atoms with E-state index < -0.39 is 0 Å². The monoisotopic (exact) mass is 422 g/mol. The van der Waals surface area contributed by atoms with Gasteiger partial charge in [0.15, 0.2) is 6.61 Å². The number of amides is 1. The molecule has 8 heteroatoms. The summed E-state index contributed by atoms with van der Waals surface area (Å²) in [5, 5.41) is 12.2. The summed E-state index contributed by atoms with van der Waals surface area (Å²) < 4.78 is 10.7. The number of nitrogens with zero attached hydrogens (tertiary/aromatic N) is 3. The fourth-order valence-electron chi connectivity index (χ4n) is 2.87. The van der Waals surface area contributed by atoms with E-state index in [4.69, 9.17) is 21.1 Å². The predicted molar refractivity (Wildman–Crippen MR) is 116 cm³/mol. The number of methoxy groups -OCH3 is 1. The first-order valence-electron chi connectivity index (χ1n) is 9.22. The molecule has 0 spiro atoms. The molecule has 7 nitrogen and oxygen atoms in total. The minimum Gasteiger partial charge on any atom is -0.495 e. The van der Waals surface area contributed by atoms with E-state index >= 15 is 0 Å². The molecule has 0 unspecified atom stereocenters. The number of ether oxygens (including phenoxy) is 2. The Morgan fingerprint density at radius 3 is 2.53 bits per heavy atom. The van der Waals surface area contributed by atoms with Crippen LogP contribution in [0.25, 0.3) is 16.7 Å². The first-order valence-corrected chi connectivity index (χ1v) is 9.60. The van der Waals surface area contributed by atoms with Crippen LogP contribution in [0.3, 0.4) is 0 Å². The van der Waals surface area contributed by atoms with Crippen molar-refractivity contribution < 1.29 is 14.3 Å². The van der Waals surface area contributed by atoms with Gasteiger partial charge in [0.2, 0.25) is 0 Å². The summed E-state index contributed by atoms with van der Waals surface area (Å²) in [5.41, 5.74) is 3.77. The van der Waals surface area contributed by atoms with Crippen LogP contribution < -0.4 is 14.8 Å². The molecule has 0 saturated carbocycles. The molecule has 0 atom stereocenters. The van der Waals surface area contributed by atoms with Crippen LogP contribution in [0.4, 0.5) is 5.69 Å². The minimum atomic E-state index is -0.260. The molecule has 0 radical (unpaired) electrons. The van der Waals surface area contributed by atoms with E-state index in [9.17, 15) is 4.79 Å². The minimum absolute atomic E-state index is 0.0852. The van der Waals surface area contributed by atoms with Crippen molar-refractivity contribution in [3.63, 3.8) is 0 Å². The van der Waals surface area contributed by atoms with Gasteiger partial charge in [-0.15, -0.1) is 10.2 Å². The number of carbonyl (C=O) groups excluding carboxylic acids is 1. The fourth-order valence-corrected chi connectivity index (χ4v) is 3.12. The summed E-state index contributed by atoms with van der Waals surface area (Å²) in [5.74, 6) is 0.964. The highest BCUT2D eigenvalue weighted by Gasteiger charge is 2.10. The van der Waals surface area contributed by atoms with Crippen LogP contribution in [-0.2, 0) is 4.79 Å². The lowest BCUT2D eigenvalue weighted by molar-refractivity contribution is -0.118. The van der Waals surface area contributed by atoms with Crippen LogP contribution >= 0.6 is 11.6 Å². The average Bonchev–Trinajstić information content (AvgIpc) is 3.17. The Morgan fingerprint density at radius 2 is 1.80 bits per heavy atom. The van der Waals surface area contributed by atoms with Gasteiger partial charge in [0, 0.05) is 5.69 Å². The van der Waals surface area contributed by atoms with Gasteiger partial charge in [0.05, 0.1) is 17.8 Å². The molecule has 1 N–H and O–H groups in total. The molecule has 1 amide bonds. The van der Waals surface area contributed by atoms with E-state index in [0.29, 0.717) is 38.9 Å². The van der Waals surface area contributed by atoms with E-state index in [-0.39, 0.29) is 12.5 Å². The summed E-state index contributed by atoms with van der Waals surface area (Å²) in [6.07, 6.45) is 0. The van der Waals surface area contributed by atoms with E-state index in [2.05, 4.69) is 15.5 Å². The largest absolute Gasteiger partial charge is 0.495 e. The maximum atomic E-state index is 12.2. The molecular formula is C22H19ClN4O3. The zero-order chi connectivity index (χ0) is 21.1. The molecular weight excluding hydrogens is 404 g/mol. The second kappa shape index (κ2) is 8.42. The Morgan fingerprint density at radius 1 is 1.03 bits per heavy atom. The molecule has 3 aromatic carbocycles. The van der Waals surface area contributed by atoms with E-state index in [0.717, 1.165) is 5.56 Å². The zero-order valence-corrected chi connectivity index (χ0v) is 17.2.